The molecule has 4 nitrogen and oxygen atoms in total. The maximum atomic E-state index is 9.27. The number of nitrogens with zero attached hydrogens (tertiary/aromatic N) is 1. The molecule has 0 radical (unpaired) electrons. The molecule has 5 heteroatoms. The van der Waals surface area contributed by atoms with Crippen molar-refractivity contribution in [1.82, 2.24) is 0 Å². The molecule has 2 aliphatic rings. The van der Waals surface area contributed by atoms with Gasteiger partial charge in [-0.2, -0.15) is 0 Å². The van der Waals surface area contributed by atoms with Crippen molar-refractivity contribution in [3.63, 3.8) is 0 Å². The standard InChI is InChI=1S/C6H7NO3S/c8-3-2-9-4-1-7-6(11)10-5(3)4/h1,3-5,8H,2H2/t3-,4-,5+/m1/s1. The van der Waals surface area contributed by atoms with Crippen LogP contribution in [-0.2, 0) is 9.47 Å². The second kappa shape index (κ2) is 2.51. The van der Waals surface area contributed by atoms with Gasteiger partial charge in [-0.15, -0.1) is 0 Å². The lowest BCUT2D eigenvalue weighted by atomic mass is 10.1. The summed E-state index contributed by atoms with van der Waals surface area (Å²) in [5.41, 5.74) is 0. The number of hydrogen-bond acceptors (Lipinski definition) is 4. The largest absolute Gasteiger partial charge is 0.460 e. The van der Waals surface area contributed by atoms with Gasteiger partial charge in [0.05, 0.1) is 6.61 Å². The van der Waals surface area contributed by atoms with Crippen LogP contribution in [0.4, 0.5) is 0 Å². The van der Waals surface area contributed by atoms with Gasteiger partial charge in [0, 0.05) is 6.21 Å². The van der Waals surface area contributed by atoms with Crippen molar-refractivity contribution in [1.29, 1.82) is 0 Å². The Hall–Kier alpha value is -0.520. The van der Waals surface area contributed by atoms with Crippen LogP contribution in [0.3, 0.4) is 0 Å². The first-order chi connectivity index (χ1) is 5.27. The van der Waals surface area contributed by atoms with Crippen LogP contribution < -0.4 is 0 Å². The topological polar surface area (TPSA) is 51.0 Å². The number of ether oxygens (including phenoxy) is 2. The predicted octanol–water partition coefficient (Wildman–Crippen LogP) is -0.499. The normalized spacial score (nSPS) is 41.9. The summed E-state index contributed by atoms with van der Waals surface area (Å²) < 4.78 is 10.2. The van der Waals surface area contributed by atoms with Crippen molar-refractivity contribution in [3.8, 4) is 0 Å². The van der Waals surface area contributed by atoms with E-state index in [0.29, 0.717) is 6.61 Å². The Labute approximate surface area is 68.8 Å². The molecule has 2 aliphatic heterocycles. The van der Waals surface area contributed by atoms with Crippen LogP contribution in [0.15, 0.2) is 4.99 Å². The second-order valence-electron chi connectivity index (χ2n) is 2.49. The van der Waals surface area contributed by atoms with Gasteiger partial charge in [-0.3, -0.25) is 0 Å². The molecule has 0 aliphatic carbocycles. The van der Waals surface area contributed by atoms with E-state index in [-0.39, 0.29) is 17.4 Å². The Morgan fingerprint density at radius 3 is 3.36 bits per heavy atom. The first-order valence-electron chi connectivity index (χ1n) is 3.32. The quantitative estimate of drug-likeness (QED) is 0.502. The lowest BCUT2D eigenvalue weighted by Crippen LogP contribution is -2.38. The molecule has 0 saturated carbocycles. The third-order valence-electron chi connectivity index (χ3n) is 1.73. The predicted molar refractivity (Wildman–Crippen MR) is 41.7 cm³/mol. The van der Waals surface area contributed by atoms with Crippen molar-refractivity contribution < 1.29 is 14.6 Å². The fraction of sp³-hybridized carbons (Fsp3) is 0.667. The molecular formula is C6H7NO3S. The molecule has 1 N–H and O–H groups in total. The van der Waals surface area contributed by atoms with E-state index in [0.717, 1.165) is 0 Å². The Balaban J connectivity index is 2.18. The van der Waals surface area contributed by atoms with Crippen LogP contribution in [0.1, 0.15) is 0 Å². The molecule has 0 spiro atoms. The van der Waals surface area contributed by atoms with Crippen LogP contribution in [0.5, 0.6) is 0 Å². The monoisotopic (exact) mass is 173 g/mol. The van der Waals surface area contributed by atoms with E-state index in [9.17, 15) is 5.11 Å². The zero-order chi connectivity index (χ0) is 7.84. The van der Waals surface area contributed by atoms with Gasteiger partial charge in [0.1, 0.15) is 12.2 Å². The van der Waals surface area contributed by atoms with Crippen LogP contribution in [0.2, 0.25) is 0 Å². The van der Waals surface area contributed by atoms with E-state index in [4.69, 9.17) is 21.7 Å². The summed E-state index contributed by atoms with van der Waals surface area (Å²) in [5, 5.41) is 9.45. The molecule has 0 aromatic carbocycles. The smallest absolute Gasteiger partial charge is 0.283 e. The summed E-state index contributed by atoms with van der Waals surface area (Å²) in [4.78, 5) is 3.76. The summed E-state index contributed by atoms with van der Waals surface area (Å²) in [6.45, 7) is 0.296. The highest BCUT2D eigenvalue weighted by Crippen LogP contribution is 2.19. The molecular weight excluding hydrogens is 166 g/mol. The number of aliphatic imine (C=N–C) groups is 1. The van der Waals surface area contributed by atoms with Crippen molar-refractivity contribution >= 4 is 23.6 Å². The molecule has 1 saturated heterocycles. The van der Waals surface area contributed by atoms with E-state index in [1.807, 2.05) is 0 Å². The van der Waals surface area contributed by atoms with Crippen LogP contribution >= 0.6 is 12.2 Å². The number of aliphatic hydroxyl groups excluding tert-OH is 1. The number of fused-ring (bicyclic) bond motifs is 1. The minimum absolute atomic E-state index is 0.177. The van der Waals surface area contributed by atoms with E-state index in [1.54, 1.807) is 6.21 Å². The van der Waals surface area contributed by atoms with E-state index >= 15 is 0 Å². The van der Waals surface area contributed by atoms with Crippen LogP contribution in [0, 0.1) is 0 Å². The summed E-state index contributed by atoms with van der Waals surface area (Å²) in [6.07, 6.45) is 0.425. The molecule has 2 rings (SSSR count). The minimum atomic E-state index is -0.579. The molecule has 11 heavy (non-hydrogen) atoms. The highest BCUT2D eigenvalue weighted by Gasteiger charge is 2.39. The van der Waals surface area contributed by atoms with Gasteiger partial charge < -0.3 is 14.6 Å². The van der Waals surface area contributed by atoms with Crippen molar-refractivity contribution in [2.24, 2.45) is 4.99 Å². The molecule has 0 unspecified atom stereocenters. The van der Waals surface area contributed by atoms with Gasteiger partial charge in [-0.05, 0) is 12.2 Å². The maximum absolute atomic E-state index is 9.27. The highest BCUT2D eigenvalue weighted by molar-refractivity contribution is 7.80. The van der Waals surface area contributed by atoms with Crippen molar-refractivity contribution in [2.75, 3.05) is 6.61 Å². The van der Waals surface area contributed by atoms with Gasteiger partial charge in [-0.25, -0.2) is 4.99 Å². The van der Waals surface area contributed by atoms with Gasteiger partial charge in [-0.1, -0.05) is 0 Å². The fourth-order valence-corrected chi connectivity index (χ4v) is 1.34. The van der Waals surface area contributed by atoms with Gasteiger partial charge in [0.2, 0.25) is 0 Å². The maximum Gasteiger partial charge on any atom is 0.283 e. The number of aliphatic hydroxyl groups is 1. The molecule has 0 aromatic heterocycles. The summed E-state index contributed by atoms with van der Waals surface area (Å²) in [7, 11) is 0. The first-order valence-corrected chi connectivity index (χ1v) is 3.72. The molecule has 3 atom stereocenters. The Morgan fingerprint density at radius 1 is 1.73 bits per heavy atom. The first kappa shape index (κ1) is 7.15. The van der Waals surface area contributed by atoms with Crippen LogP contribution in [-0.4, -0.2) is 41.4 Å². The third kappa shape index (κ3) is 1.15. The Morgan fingerprint density at radius 2 is 2.55 bits per heavy atom. The zero-order valence-electron chi connectivity index (χ0n) is 5.64. The summed E-state index contributed by atoms with van der Waals surface area (Å²) >= 11 is 4.70. The molecule has 60 valence electrons. The summed E-state index contributed by atoms with van der Waals surface area (Å²) in [6, 6.07) is 0. The summed E-state index contributed by atoms with van der Waals surface area (Å²) in [5.74, 6) is 0. The SMILES string of the molecule is O[C@@H]1CO[C@@H]2C=NC(=S)O[C@@H]12. The molecule has 0 aromatic rings. The Bertz CT molecular complexity index is 218. The van der Waals surface area contributed by atoms with E-state index < -0.39 is 6.10 Å². The Kier molecular flexibility index (Phi) is 1.63. The molecule has 0 amide bonds. The second-order valence-corrected chi connectivity index (χ2v) is 2.84. The minimum Gasteiger partial charge on any atom is -0.460 e. The number of rotatable bonds is 0. The van der Waals surface area contributed by atoms with E-state index in [1.165, 1.54) is 0 Å². The lowest BCUT2D eigenvalue weighted by Gasteiger charge is -2.21. The van der Waals surface area contributed by atoms with Crippen molar-refractivity contribution in [3.05, 3.63) is 0 Å². The fourth-order valence-electron chi connectivity index (χ4n) is 1.17. The number of hydrogen-bond donors (Lipinski definition) is 1. The zero-order valence-corrected chi connectivity index (χ0v) is 6.45. The number of thiocarbonyl (C=S) groups is 1. The molecule has 1 fully saturated rings. The highest BCUT2D eigenvalue weighted by atomic mass is 32.1. The molecule has 0 bridgehead atoms. The van der Waals surface area contributed by atoms with Crippen LogP contribution in [0.25, 0.3) is 0 Å². The van der Waals surface area contributed by atoms with Gasteiger partial charge in [0.25, 0.3) is 5.17 Å². The average Bonchev–Trinajstić information content (AvgIpc) is 2.33. The van der Waals surface area contributed by atoms with Gasteiger partial charge >= 0.3 is 0 Å². The van der Waals surface area contributed by atoms with E-state index in [2.05, 4.69) is 4.99 Å². The van der Waals surface area contributed by atoms with Crippen molar-refractivity contribution in [2.45, 2.75) is 18.3 Å². The average molecular weight is 173 g/mol. The van der Waals surface area contributed by atoms with Gasteiger partial charge in [0.15, 0.2) is 6.10 Å². The molecule has 2 heterocycles. The third-order valence-corrected chi connectivity index (χ3v) is 1.93. The lowest BCUT2D eigenvalue weighted by molar-refractivity contribution is 0.0560.